The smallest absolute Gasteiger partial charge is 0.120 e. The summed E-state index contributed by atoms with van der Waals surface area (Å²) in [5.74, 6) is 0.937. The topological polar surface area (TPSA) is 14.2 Å². The average Bonchev–Trinajstić information content (AvgIpc) is 2.83. The van der Waals surface area contributed by atoms with Gasteiger partial charge in [0.2, 0.25) is 0 Å². The highest BCUT2D eigenvalue weighted by molar-refractivity contribution is 5.81. The number of fused-ring (bicyclic) bond motifs is 1. The minimum absolute atomic E-state index is 0.705. The summed E-state index contributed by atoms with van der Waals surface area (Å²) in [7, 11) is 0. The van der Waals surface area contributed by atoms with Gasteiger partial charge in [0, 0.05) is 23.6 Å². The fourth-order valence-electron chi connectivity index (χ4n) is 2.35. The van der Waals surface area contributed by atoms with E-state index in [-0.39, 0.29) is 0 Å². The highest BCUT2D eigenvalue weighted by atomic mass is 16.5. The average molecular weight is 251 g/mol. The molecule has 2 aromatic carbocycles. The van der Waals surface area contributed by atoms with E-state index in [1.165, 1.54) is 16.5 Å². The number of aromatic nitrogens is 1. The minimum atomic E-state index is 0.705. The van der Waals surface area contributed by atoms with Gasteiger partial charge in [-0.1, -0.05) is 30.3 Å². The van der Waals surface area contributed by atoms with E-state index in [1.807, 2.05) is 19.1 Å². The fraction of sp³-hybridized carbons (Fsp3) is 0.176. The van der Waals surface area contributed by atoms with E-state index >= 15 is 0 Å². The highest BCUT2D eigenvalue weighted by Crippen LogP contribution is 2.22. The molecule has 0 radical (unpaired) electrons. The Kier molecular flexibility index (Phi) is 3.23. The molecule has 0 saturated carbocycles. The molecule has 2 heteroatoms. The molecule has 19 heavy (non-hydrogen) atoms. The van der Waals surface area contributed by atoms with Crippen LogP contribution in [0.15, 0.2) is 60.8 Å². The van der Waals surface area contributed by atoms with Gasteiger partial charge in [0.25, 0.3) is 0 Å². The van der Waals surface area contributed by atoms with Crippen LogP contribution in [0.3, 0.4) is 0 Å². The summed E-state index contributed by atoms with van der Waals surface area (Å²) < 4.78 is 7.80. The summed E-state index contributed by atoms with van der Waals surface area (Å²) in [6.07, 6.45) is 2.13. The number of ether oxygens (including phenoxy) is 1. The number of hydrogen-bond donors (Lipinski definition) is 0. The van der Waals surface area contributed by atoms with Crippen LogP contribution in [0.25, 0.3) is 10.9 Å². The SMILES string of the molecule is CCOc1ccc2c(ccn2Cc2ccccc2)c1. The van der Waals surface area contributed by atoms with Gasteiger partial charge in [-0.3, -0.25) is 0 Å². The monoisotopic (exact) mass is 251 g/mol. The van der Waals surface area contributed by atoms with Crippen molar-refractivity contribution in [3.63, 3.8) is 0 Å². The highest BCUT2D eigenvalue weighted by Gasteiger charge is 2.03. The number of benzene rings is 2. The molecule has 0 amide bonds. The van der Waals surface area contributed by atoms with Crippen molar-refractivity contribution in [1.82, 2.24) is 4.57 Å². The Balaban J connectivity index is 1.93. The molecule has 0 fully saturated rings. The second-order valence-electron chi connectivity index (χ2n) is 4.58. The maximum atomic E-state index is 5.53. The predicted octanol–water partition coefficient (Wildman–Crippen LogP) is 4.09. The van der Waals surface area contributed by atoms with Crippen LogP contribution in [-0.2, 0) is 6.54 Å². The fourth-order valence-corrected chi connectivity index (χ4v) is 2.35. The Labute approximate surface area is 113 Å². The summed E-state index contributed by atoms with van der Waals surface area (Å²) in [5.41, 5.74) is 2.56. The Bertz CT molecular complexity index is 670. The summed E-state index contributed by atoms with van der Waals surface area (Å²) >= 11 is 0. The van der Waals surface area contributed by atoms with Crippen molar-refractivity contribution in [3.05, 3.63) is 66.4 Å². The predicted molar refractivity (Wildman–Crippen MR) is 78.7 cm³/mol. The molecule has 0 aliphatic heterocycles. The van der Waals surface area contributed by atoms with Crippen LogP contribution in [-0.4, -0.2) is 11.2 Å². The number of nitrogens with zero attached hydrogens (tertiary/aromatic N) is 1. The van der Waals surface area contributed by atoms with Crippen molar-refractivity contribution in [1.29, 1.82) is 0 Å². The van der Waals surface area contributed by atoms with Crippen LogP contribution in [0.5, 0.6) is 5.75 Å². The Morgan fingerprint density at radius 1 is 1.00 bits per heavy atom. The van der Waals surface area contributed by atoms with Crippen LogP contribution >= 0.6 is 0 Å². The molecule has 0 N–H and O–H groups in total. The molecule has 3 rings (SSSR count). The molecule has 0 spiro atoms. The Hall–Kier alpha value is -2.22. The first-order valence-electron chi connectivity index (χ1n) is 6.62. The van der Waals surface area contributed by atoms with E-state index in [1.54, 1.807) is 0 Å². The maximum absolute atomic E-state index is 5.53. The van der Waals surface area contributed by atoms with Gasteiger partial charge in [0.15, 0.2) is 0 Å². The van der Waals surface area contributed by atoms with Crippen molar-refractivity contribution in [3.8, 4) is 5.75 Å². The quantitative estimate of drug-likeness (QED) is 0.681. The van der Waals surface area contributed by atoms with E-state index in [0.717, 1.165) is 12.3 Å². The van der Waals surface area contributed by atoms with Gasteiger partial charge in [-0.05, 0) is 36.8 Å². The number of hydrogen-bond acceptors (Lipinski definition) is 1. The van der Waals surface area contributed by atoms with Crippen LogP contribution in [0.1, 0.15) is 12.5 Å². The second-order valence-corrected chi connectivity index (χ2v) is 4.58. The minimum Gasteiger partial charge on any atom is -0.494 e. The molecule has 1 heterocycles. The van der Waals surface area contributed by atoms with Crippen LogP contribution in [0.4, 0.5) is 0 Å². The third-order valence-electron chi connectivity index (χ3n) is 3.25. The van der Waals surface area contributed by atoms with Gasteiger partial charge in [-0.15, -0.1) is 0 Å². The van der Waals surface area contributed by atoms with Crippen molar-refractivity contribution < 1.29 is 4.74 Å². The van der Waals surface area contributed by atoms with Gasteiger partial charge in [-0.2, -0.15) is 0 Å². The molecule has 2 nitrogen and oxygen atoms in total. The normalized spacial score (nSPS) is 10.8. The zero-order valence-corrected chi connectivity index (χ0v) is 11.0. The largest absolute Gasteiger partial charge is 0.494 e. The van der Waals surface area contributed by atoms with E-state index < -0.39 is 0 Å². The zero-order chi connectivity index (χ0) is 13.1. The summed E-state index contributed by atoms with van der Waals surface area (Å²) in [6, 6.07) is 18.9. The first-order valence-corrected chi connectivity index (χ1v) is 6.62. The number of rotatable bonds is 4. The molecule has 0 aliphatic carbocycles. The lowest BCUT2D eigenvalue weighted by atomic mass is 10.2. The van der Waals surface area contributed by atoms with E-state index in [9.17, 15) is 0 Å². The van der Waals surface area contributed by atoms with E-state index in [2.05, 4.69) is 53.2 Å². The third kappa shape index (κ3) is 2.48. The Morgan fingerprint density at radius 3 is 2.63 bits per heavy atom. The molecule has 1 aromatic heterocycles. The van der Waals surface area contributed by atoms with Gasteiger partial charge >= 0.3 is 0 Å². The first kappa shape index (κ1) is 11.8. The second kappa shape index (κ2) is 5.19. The van der Waals surface area contributed by atoms with Gasteiger partial charge in [-0.25, -0.2) is 0 Å². The molecule has 3 aromatic rings. The first-order chi connectivity index (χ1) is 9.36. The lowest BCUT2D eigenvalue weighted by Crippen LogP contribution is -1.97. The van der Waals surface area contributed by atoms with Crippen LogP contribution in [0.2, 0.25) is 0 Å². The standard InChI is InChI=1S/C17H17NO/c1-2-19-16-8-9-17-15(12-16)10-11-18(17)13-14-6-4-3-5-7-14/h3-12H,2,13H2,1H3. The molecule has 0 aliphatic rings. The van der Waals surface area contributed by atoms with E-state index in [0.29, 0.717) is 6.61 Å². The third-order valence-corrected chi connectivity index (χ3v) is 3.25. The van der Waals surface area contributed by atoms with Gasteiger partial charge < -0.3 is 9.30 Å². The summed E-state index contributed by atoms with van der Waals surface area (Å²) in [6.45, 7) is 3.61. The molecule has 96 valence electrons. The molecular formula is C17H17NO. The summed E-state index contributed by atoms with van der Waals surface area (Å²) in [4.78, 5) is 0. The maximum Gasteiger partial charge on any atom is 0.120 e. The van der Waals surface area contributed by atoms with Crippen molar-refractivity contribution in [2.45, 2.75) is 13.5 Å². The lowest BCUT2D eigenvalue weighted by Gasteiger charge is -2.07. The van der Waals surface area contributed by atoms with Crippen molar-refractivity contribution in [2.24, 2.45) is 0 Å². The van der Waals surface area contributed by atoms with Crippen molar-refractivity contribution >= 4 is 10.9 Å². The Morgan fingerprint density at radius 2 is 1.84 bits per heavy atom. The summed E-state index contributed by atoms with van der Waals surface area (Å²) in [5, 5.41) is 1.22. The van der Waals surface area contributed by atoms with E-state index in [4.69, 9.17) is 4.74 Å². The molecule has 0 bridgehead atoms. The van der Waals surface area contributed by atoms with Crippen LogP contribution in [0, 0.1) is 0 Å². The molecule has 0 unspecified atom stereocenters. The van der Waals surface area contributed by atoms with Crippen LogP contribution < -0.4 is 4.74 Å². The van der Waals surface area contributed by atoms with Crippen molar-refractivity contribution in [2.75, 3.05) is 6.61 Å². The molecule has 0 saturated heterocycles. The molecule has 0 atom stereocenters. The van der Waals surface area contributed by atoms with Gasteiger partial charge in [0.1, 0.15) is 5.75 Å². The molecular weight excluding hydrogens is 234 g/mol. The lowest BCUT2D eigenvalue weighted by molar-refractivity contribution is 0.340. The van der Waals surface area contributed by atoms with Gasteiger partial charge in [0.05, 0.1) is 6.61 Å². The zero-order valence-electron chi connectivity index (χ0n) is 11.0.